The molecule has 0 bridgehead atoms. The molecule has 0 radical (unpaired) electrons. The lowest BCUT2D eigenvalue weighted by Crippen LogP contribution is -2.27. The molecule has 1 heterocycles. The molecule has 158 valence electrons. The lowest BCUT2D eigenvalue weighted by atomic mass is 10.1. The maximum absolute atomic E-state index is 15.2. The van der Waals surface area contributed by atoms with Crippen molar-refractivity contribution < 1.29 is 27.9 Å². The van der Waals surface area contributed by atoms with Crippen molar-refractivity contribution in [1.82, 2.24) is 15.0 Å². The van der Waals surface area contributed by atoms with Gasteiger partial charge in [-0.25, -0.2) is 19.2 Å². The van der Waals surface area contributed by atoms with Crippen LogP contribution in [0.4, 0.5) is 20.2 Å². The van der Waals surface area contributed by atoms with Gasteiger partial charge in [-0.15, -0.1) is 0 Å². The van der Waals surface area contributed by atoms with Gasteiger partial charge in [-0.05, 0) is 24.3 Å². The molecule has 0 fully saturated rings. The van der Waals surface area contributed by atoms with Gasteiger partial charge in [0.15, 0.2) is 5.82 Å². The largest absolute Gasteiger partial charge is 0.463 e. The van der Waals surface area contributed by atoms with Crippen LogP contribution in [0.5, 0.6) is 0 Å². The molecule has 30 heavy (non-hydrogen) atoms. The van der Waals surface area contributed by atoms with Crippen molar-refractivity contribution in [2.75, 3.05) is 18.5 Å². The van der Waals surface area contributed by atoms with Gasteiger partial charge in [-0.2, -0.15) is 0 Å². The second-order valence-corrected chi connectivity index (χ2v) is 7.12. The summed E-state index contributed by atoms with van der Waals surface area (Å²) in [6, 6.07) is 5.59. The van der Waals surface area contributed by atoms with Crippen molar-refractivity contribution in [2.45, 2.75) is 6.92 Å². The number of aromatic nitrogens is 2. The average Bonchev–Trinajstić information content (AvgIpc) is 3.06. The monoisotopic (exact) mass is 482 g/mol. The molecule has 1 aromatic heterocycles. The topological polar surface area (TPSA) is 94.5 Å². The summed E-state index contributed by atoms with van der Waals surface area (Å²) in [6.07, 6.45) is 1.40. The molecule has 0 saturated heterocycles. The molecule has 2 N–H and O–H groups in total. The van der Waals surface area contributed by atoms with E-state index in [1.165, 1.54) is 31.5 Å². The van der Waals surface area contributed by atoms with E-state index in [0.29, 0.717) is 9.99 Å². The molecule has 2 aromatic carbocycles. The van der Waals surface area contributed by atoms with Crippen molar-refractivity contribution in [3.63, 3.8) is 0 Å². The Morgan fingerprint density at radius 1 is 1.23 bits per heavy atom. The van der Waals surface area contributed by atoms with Crippen LogP contribution in [0.1, 0.15) is 17.3 Å². The molecule has 0 saturated carbocycles. The number of hydrogen-bond acceptors (Lipinski definition) is 6. The maximum atomic E-state index is 15.2. The number of nitrogens with zero attached hydrogens (tertiary/aromatic N) is 2. The summed E-state index contributed by atoms with van der Waals surface area (Å²) < 4.78 is 36.2. The Hall–Kier alpha value is -3.05. The Balaban J connectivity index is 1.92. The van der Waals surface area contributed by atoms with E-state index in [1.54, 1.807) is 17.7 Å². The zero-order valence-corrected chi connectivity index (χ0v) is 17.5. The Morgan fingerprint density at radius 3 is 2.70 bits per heavy atom. The quantitative estimate of drug-likeness (QED) is 0.303. The number of rotatable bonds is 7. The van der Waals surface area contributed by atoms with Crippen LogP contribution in [-0.4, -0.2) is 34.6 Å². The number of fused-ring (bicyclic) bond motifs is 1. The number of anilines is 2. The number of benzene rings is 2. The predicted octanol–water partition coefficient (Wildman–Crippen LogP) is 3.58. The Kier molecular flexibility index (Phi) is 6.63. The van der Waals surface area contributed by atoms with Crippen LogP contribution in [0.3, 0.4) is 0 Å². The Bertz CT molecular complexity index is 1120. The van der Waals surface area contributed by atoms with Crippen molar-refractivity contribution >= 4 is 50.2 Å². The molecular formula is C19H17BrF2N4O4. The number of nitrogens with one attached hydrogen (secondary N) is 2. The fraction of sp³-hybridized carbons (Fsp3) is 0.211. The third kappa shape index (κ3) is 4.74. The van der Waals surface area contributed by atoms with Gasteiger partial charge < -0.3 is 14.6 Å². The predicted molar refractivity (Wildman–Crippen MR) is 108 cm³/mol. The van der Waals surface area contributed by atoms with Crippen molar-refractivity contribution in [2.24, 2.45) is 7.05 Å². The number of amides is 1. The number of halogens is 3. The molecule has 0 aliphatic heterocycles. The lowest BCUT2D eigenvalue weighted by molar-refractivity contribution is -0.143. The minimum atomic E-state index is -0.819. The summed E-state index contributed by atoms with van der Waals surface area (Å²) in [4.78, 5) is 32.4. The Morgan fingerprint density at radius 2 is 2.00 bits per heavy atom. The summed E-state index contributed by atoms with van der Waals surface area (Å²) in [5.74, 6) is -2.73. The van der Waals surface area contributed by atoms with Crippen molar-refractivity contribution in [1.29, 1.82) is 0 Å². The number of aryl methyl sites for hydroxylation is 1. The zero-order valence-electron chi connectivity index (χ0n) is 16.0. The second kappa shape index (κ2) is 9.18. The Labute approximate surface area is 178 Å². The van der Waals surface area contributed by atoms with Gasteiger partial charge in [0.2, 0.25) is 0 Å². The van der Waals surface area contributed by atoms with Crippen LogP contribution >= 0.6 is 15.9 Å². The van der Waals surface area contributed by atoms with Gasteiger partial charge in [-0.1, -0.05) is 15.9 Å². The highest BCUT2D eigenvalue weighted by Crippen LogP contribution is 2.32. The smallest absolute Gasteiger partial charge is 0.302 e. The third-order valence-electron chi connectivity index (χ3n) is 4.05. The number of ether oxygens (including phenoxy) is 1. The van der Waals surface area contributed by atoms with E-state index in [0.717, 1.165) is 0 Å². The van der Waals surface area contributed by atoms with Gasteiger partial charge in [-0.3, -0.25) is 14.4 Å². The molecule has 1 amide bonds. The summed E-state index contributed by atoms with van der Waals surface area (Å²) in [5.41, 5.74) is 2.12. The molecule has 0 spiro atoms. The van der Waals surface area contributed by atoms with Crippen LogP contribution in [0.15, 0.2) is 35.1 Å². The first-order valence-electron chi connectivity index (χ1n) is 8.69. The summed E-state index contributed by atoms with van der Waals surface area (Å²) in [6.45, 7) is 1.06. The highest BCUT2D eigenvalue weighted by Gasteiger charge is 2.22. The van der Waals surface area contributed by atoms with Crippen LogP contribution in [0, 0.1) is 11.6 Å². The van der Waals surface area contributed by atoms with Gasteiger partial charge >= 0.3 is 5.97 Å². The molecule has 8 nitrogen and oxygen atoms in total. The molecular weight excluding hydrogens is 466 g/mol. The number of carbonyl (C=O) groups excluding carboxylic acids is 2. The number of hydroxylamine groups is 1. The second-order valence-electron chi connectivity index (χ2n) is 6.21. The van der Waals surface area contributed by atoms with E-state index < -0.39 is 23.5 Å². The first-order chi connectivity index (χ1) is 14.3. The van der Waals surface area contributed by atoms with E-state index in [2.05, 4.69) is 31.7 Å². The van der Waals surface area contributed by atoms with Crippen LogP contribution in [0.2, 0.25) is 0 Å². The van der Waals surface area contributed by atoms with E-state index in [9.17, 15) is 14.0 Å². The van der Waals surface area contributed by atoms with Gasteiger partial charge in [0.25, 0.3) is 5.91 Å². The SMILES string of the molecule is CC(=O)OCCONC(=O)c1cc2c(ncn2C)c(F)c1Nc1ccc(Br)cc1F. The highest BCUT2D eigenvalue weighted by molar-refractivity contribution is 9.10. The van der Waals surface area contributed by atoms with E-state index in [-0.39, 0.29) is 35.7 Å². The first-order valence-corrected chi connectivity index (χ1v) is 9.48. The molecule has 0 unspecified atom stereocenters. The normalized spacial score (nSPS) is 10.8. The summed E-state index contributed by atoms with van der Waals surface area (Å²) in [5, 5.41) is 2.63. The summed E-state index contributed by atoms with van der Waals surface area (Å²) in [7, 11) is 1.65. The number of imidazole rings is 1. The van der Waals surface area contributed by atoms with Gasteiger partial charge in [0.1, 0.15) is 24.5 Å². The third-order valence-corrected chi connectivity index (χ3v) is 4.54. The molecule has 0 aliphatic carbocycles. The standard InChI is InChI=1S/C19H17BrF2N4O4/c1-10(27)29-5-6-30-25-19(28)12-8-15-18(23-9-26(15)2)16(22)17(12)24-14-4-3-11(20)7-13(14)21/h3-4,7-9,24H,5-6H2,1-2H3,(H,25,28). The van der Waals surface area contributed by atoms with Crippen LogP contribution < -0.4 is 10.8 Å². The first kappa shape index (κ1) is 21.7. The van der Waals surface area contributed by atoms with E-state index in [4.69, 9.17) is 9.57 Å². The number of carbonyl (C=O) groups is 2. The van der Waals surface area contributed by atoms with Crippen molar-refractivity contribution in [3.8, 4) is 0 Å². The fourth-order valence-electron chi connectivity index (χ4n) is 2.65. The van der Waals surface area contributed by atoms with Crippen LogP contribution in [0.25, 0.3) is 11.0 Å². The molecule has 0 atom stereocenters. The van der Waals surface area contributed by atoms with Crippen molar-refractivity contribution in [3.05, 3.63) is 52.3 Å². The van der Waals surface area contributed by atoms with Gasteiger partial charge in [0, 0.05) is 18.4 Å². The lowest BCUT2D eigenvalue weighted by Gasteiger charge is -2.15. The molecule has 0 aliphatic rings. The van der Waals surface area contributed by atoms with Gasteiger partial charge in [0.05, 0.1) is 28.8 Å². The van der Waals surface area contributed by atoms with E-state index in [1.807, 2.05) is 0 Å². The number of esters is 1. The fourth-order valence-corrected chi connectivity index (χ4v) is 2.98. The average molecular weight is 483 g/mol. The van der Waals surface area contributed by atoms with E-state index >= 15 is 4.39 Å². The van der Waals surface area contributed by atoms with Crippen LogP contribution in [-0.2, 0) is 21.4 Å². The molecule has 11 heteroatoms. The molecule has 3 rings (SSSR count). The maximum Gasteiger partial charge on any atom is 0.302 e. The zero-order chi connectivity index (χ0) is 21.8. The number of hydrogen-bond donors (Lipinski definition) is 2. The minimum absolute atomic E-state index is 0.0184. The minimum Gasteiger partial charge on any atom is -0.463 e. The highest BCUT2D eigenvalue weighted by atomic mass is 79.9. The molecule has 3 aromatic rings. The summed E-state index contributed by atoms with van der Waals surface area (Å²) >= 11 is 3.15.